The normalized spacial score (nSPS) is 11.2. The molecule has 0 saturated heterocycles. The number of anilines is 1. The molecule has 124 valence electrons. The molecule has 0 aromatic heterocycles. The van der Waals surface area contributed by atoms with Gasteiger partial charge in [0.25, 0.3) is 0 Å². The van der Waals surface area contributed by atoms with Crippen molar-refractivity contribution in [3.8, 4) is 0 Å². The summed E-state index contributed by atoms with van der Waals surface area (Å²) in [4.78, 5) is 11.9. The molecule has 6 nitrogen and oxygen atoms in total. The molecule has 1 N–H and O–H groups in total. The van der Waals surface area contributed by atoms with Crippen LogP contribution in [0, 0.1) is 0 Å². The van der Waals surface area contributed by atoms with Crippen molar-refractivity contribution in [3.63, 3.8) is 0 Å². The van der Waals surface area contributed by atoms with Crippen LogP contribution in [0.1, 0.15) is 13.3 Å². The number of rotatable bonds is 9. The van der Waals surface area contributed by atoms with Gasteiger partial charge in [-0.05, 0) is 37.6 Å². The van der Waals surface area contributed by atoms with Gasteiger partial charge >= 0.3 is 0 Å². The molecule has 0 fully saturated rings. The predicted molar refractivity (Wildman–Crippen MR) is 90.5 cm³/mol. The van der Waals surface area contributed by atoms with Crippen LogP contribution in [0.5, 0.6) is 0 Å². The summed E-state index contributed by atoms with van der Waals surface area (Å²) in [6, 6.07) is 6.75. The van der Waals surface area contributed by atoms with Gasteiger partial charge in [0.2, 0.25) is 15.9 Å². The molecule has 0 aliphatic heterocycles. The number of sulfonamides is 1. The Kier molecular flexibility index (Phi) is 7.84. The van der Waals surface area contributed by atoms with Crippen molar-refractivity contribution in [1.29, 1.82) is 0 Å². The molecule has 0 saturated carbocycles. The number of hydrogen-bond acceptors (Lipinski definition) is 4. The molecule has 1 aromatic rings. The minimum Gasteiger partial charge on any atom is -0.382 e. The fraction of sp³-hybridized carbons (Fsp3) is 0.500. The van der Waals surface area contributed by atoms with Gasteiger partial charge in [-0.2, -0.15) is 0 Å². The Morgan fingerprint density at radius 1 is 1.32 bits per heavy atom. The van der Waals surface area contributed by atoms with Crippen LogP contribution in [0.3, 0.4) is 0 Å². The van der Waals surface area contributed by atoms with Crippen LogP contribution in [-0.4, -0.2) is 46.9 Å². The smallest absolute Gasteiger partial charge is 0.240 e. The average Bonchev–Trinajstić information content (AvgIpc) is 2.44. The van der Waals surface area contributed by atoms with E-state index in [9.17, 15) is 13.2 Å². The van der Waals surface area contributed by atoms with E-state index in [2.05, 4.69) is 21.2 Å². The monoisotopic (exact) mass is 392 g/mol. The summed E-state index contributed by atoms with van der Waals surface area (Å²) in [7, 11) is -3.53. The third-order valence-electron chi connectivity index (χ3n) is 2.79. The number of benzene rings is 1. The lowest BCUT2D eigenvalue weighted by Gasteiger charge is -2.22. The molecule has 1 amide bonds. The van der Waals surface area contributed by atoms with Crippen molar-refractivity contribution in [1.82, 2.24) is 5.32 Å². The Labute approximate surface area is 140 Å². The van der Waals surface area contributed by atoms with Gasteiger partial charge in [0.05, 0.1) is 11.9 Å². The molecule has 0 atom stereocenters. The minimum atomic E-state index is -3.53. The highest BCUT2D eigenvalue weighted by atomic mass is 79.9. The van der Waals surface area contributed by atoms with Gasteiger partial charge in [-0.3, -0.25) is 9.10 Å². The Hall–Kier alpha value is -1.12. The van der Waals surface area contributed by atoms with Crippen LogP contribution in [0.25, 0.3) is 0 Å². The highest BCUT2D eigenvalue weighted by Gasteiger charge is 2.20. The number of nitrogens with one attached hydrogen (secondary N) is 1. The molecule has 0 unspecified atom stereocenters. The molecular weight excluding hydrogens is 372 g/mol. The van der Waals surface area contributed by atoms with Crippen molar-refractivity contribution >= 4 is 37.5 Å². The van der Waals surface area contributed by atoms with E-state index in [0.29, 0.717) is 31.9 Å². The van der Waals surface area contributed by atoms with E-state index >= 15 is 0 Å². The van der Waals surface area contributed by atoms with Gasteiger partial charge < -0.3 is 10.1 Å². The second-order valence-corrected chi connectivity index (χ2v) is 7.47. The van der Waals surface area contributed by atoms with Gasteiger partial charge in [0.15, 0.2) is 0 Å². The molecule has 22 heavy (non-hydrogen) atoms. The zero-order chi connectivity index (χ0) is 16.6. The summed E-state index contributed by atoms with van der Waals surface area (Å²) >= 11 is 3.29. The molecule has 0 spiro atoms. The zero-order valence-electron chi connectivity index (χ0n) is 12.7. The van der Waals surface area contributed by atoms with Crippen molar-refractivity contribution in [2.75, 3.05) is 36.9 Å². The zero-order valence-corrected chi connectivity index (χ0v) is 15.1. The lowest BCUT2D eigenvalue weighted by molar-refractivity contribution is -0.119. The summed E-state index contributed by atoms with van der Waals surface area (Å²) in [5.74, 6) is -0.343. The Morgan fingerprint density at radius 2 is 1.95 bits per heavy atom. The van der Waals surface area contributed by atoms with Crippen LogP contribution >= 0.6 is 15.9 Å². The molecule has 0 bridgehead atoms. The fourth-order valence-electron chi connectivity index (χ4n) is 1.74. The number of halogens is 1. The van der Waals surface area contributed by atoms with Gasteiger partial charge in [0, 0.05) is 24.2 Å². The molecule has 0 radical (unpaired) electrons. The summed E-state index contributed by atoms with van der Waals surface area (Å²) in [5, 5.41) is 2.69. The number of carbonyl (C=O) groups is 1. The number of carbonyl (C=O) groups excluding carboxylic acids is 1. The summed E-state index contributed by atoms with van der Waals surface area (Å²) in [6.07, 6.45) is 1.77. The molecule has 0 aliphatic rings. The van der Waals surface area contributed by atoms with E-state index in [-0.39, 0.29) is 12.5 Å². The first-order valence-corrected chi connectivity index (χ1v) is 9.56. The maximum absolute atomic E-state index is 11.9. The van der Waals surface area contributed by atoms with E-state index in [1.807, 2.05) is 6.92 Å². The number of ether oxygens (including phenoxy) is 1. The Morgan fingerprint density at radius 3 is 2.50 bits per heavy atom. The molecule has 8 heteroatoms. The number of nitrogens with zero attached hydrogens (tertiary/aromatic N) is 1. The average molecular weight is 393 g/mol. The SMILES string of the molecule is CCOCCCNC(=O)CN(c1ccc(Br)cc1)S(C)(=O)=O. The van der Waals surface area contributed by atoms with Crippen molar-refractivity contribution in [2.45, 2.75) is 13.3 Å². The topological polar surface area (TPSA) is 75.7 Å². The van der Waals surface area contributed by atoms with E-state index < -0.39 is 10.0 Å². The fourth-order valence-corrected chi connectivity index (χ4v) is 2.86. The molecule has 0 heterocycles. The van der Waals surface area contributed by atoms with Crippen molar-refractivity contribution in [3.05, 3.63) is 28.7 Å². The van der Waals surface area contributed by atoms with Gasteiger partial charge in [-0.25, -0.2) is 8.42 Å². The van der Waals surface area contributed by atoms with Crippen molar-refractivity contribution in [2.24, 2.45) is 0 Å². The van der Waals surface area contributed by atoms with Gasteiger partial charge in [-0.1, -0.05) is 15.9 Å². The highest BCUT2D eigenvalue weighted by molar-refractivity contribution is 9.10. The summed E-state index contributed by atoms with van der Waals surface area (Å²) < 4.78 is 30.9. The first-order valence-electron chi connectivity index (χ1n) is 6.92. The van der Waals surface area contributed by atoms with Crippen molar-refractivity contribution < 1.29 is 17.9 Å². The van der Waals surface area contributed by atoms with Gasteiger partial charge in [0.1, 0.15) is 6.54 Å². The summed E-state index contributed by atoms with van der Waals surface area (Å²) in [5.41, 5.74) is 0.454. The third-order valence-corrected chi connectivity index (χ3v) is 4.46. The lowest BCUT2D eigenvalue weighted by atomic mass is 10.3. The van der Waals surface area contributed by atoms with E-state index in [4.69, 9.17) is 4.74 Å². The number of amides is 1. The Balaban J connectivity index is 2.63. The highest BCUT2D eigenvalue weighted by Crippen LogP contribution is 2.20. The maximum Gasteiger partial charge on any atom is 0.240 e. The second-order valence-electron chi connectivity index (χ2n) is 4.65. The van der Waals surface area contributed by atoms with Crippen LogP contribution in [0.15, 0.2) is 28.7 Å². The van der Waals surface area contributed by atoms with E-state index in [0.717, 1.165) is 15.0 Å². The van der Waals surface area contributed by atoms with Crippen LogP contribution in [-0.2, 0) is 19.6 Å². The number of hydrogen-bond donors (Lipinski definition) is 1. The standard InChI is InChI=1S/C14H21BrN2O4S/c1-3-21-10-4-9-16-14(18)11-17(22(2,19)20)13-7-5-12(15)6-8-13/h5-8H,3-4,9-11H2,1-2H3,(H,16,18). The Bertz CT molecular complexity index is 575. The molecular formula is C14H21BrN2O4S. The van der Waals surface area contributed by atoms with Crippen LogP contribution < -0.4 is 9.62 Å². The molecule has 1 aromatic carbocycles. The maximum atomic E-state index is 11.9. The minimum absolute atomic E-state index is 0.241. The van der Waals surface area contributed by atoms with Gasteiger partial charge in [-0.15, -0.1) is 0 Å². The first-order chi connectivity index (χ1) is 10.3. The largest absolute Gasteiger partial charge is 0.382 e. The molecule has 0 aliphatic carbocycles. The van der Waals surface area contributed by atoms with Crippen LogP contribution in [0.2, 0.25) is 0 Å². The summed E-state index contributed by atoms with van der Waals surface area (Å²) in [6.45, 7) is 3.32. The van der Waals surface area contributed by atoms with E-state index in [1.54, 1.807) is 24.3 Å². The quantitative estimate of drug-likeness (QED) is 0.649. The lowest BCUT2D eigenvalue weighted by Crippen LogP contribution is -2.40. The first kappa shape index (κ1) is 18.9. The molecule has 1 rings (SSSR count). The van der Waals surface area contributed by atoms with Crippen LogP contribution in [0.4, 0.5) is 5.69 Å². The van der Waals surface area contributed by atoms with E-state index in [1.165, 1.54) is 0 Å². The second kappa shape index (κ2) is 9.12. The third kappa shape index (κ3) is 6.76. The predicted octanol–water partition coefficient (Wildman–Crippen LogP) is 1.76.